The van der Waals surface area contributed by atoms with Crippen LogP contribution in [0.5, 0.6) is 11.5 Å². The zero-order valence-electron chi connectivity index (χ0n) is 21.6. The molecule has 0 bridgehead atoms. The molecule has 1 fully saturated rings. The molecule has 7 nitrogen and oxygen atoms in total. The van der Waals surface area contributed by atoms with E-state index in [1.54, 1.807) is 25.4 Å². The first-order valence-corrected chi connectivity index (χ1v) is 12.8. The van der Waals surface area contributed by atoms with E-state index in [9.17, 15) is 9.59 Å². The second-order valence-corrected chi connectivity index (χ2v) is 9.28. The molecule has 192 valence electrons. The number of hydrogen-bond donors (Lipinski definition) is 0. The maximum Gasteiger partial charge on any atom is 0.242 e. The lowest BCUT2D eigenvalue weighted by molar-refractivity contribution is -0.144. The van der Waals surface area contributed by atoms with Gasteiger partial charge in [-0.2, -0.15) is 0 Å². The van der Waals surface area contributed by atoms with E-state index in [0.29, 0.717) is 31.0 Å². The average Bonchev–Trinajstić information content (AvgIpc) is 3.59. The highest BCUT2D eigenvalue weighted by atomic mass is 16.5. The molecule has 0 saturated heterocycles. The Balaban J connectivity index is 1.72. The molecular weight excluding hydrogens is 444 g/mol. The first kappa shape index (κ1) is 26.6. The van der Waals surface area contributed by atoms with Crippen molar-refractivity contribution in [3.63, 3.8) is 0 Å². The summed E-state index contributed by atoms with van der Waals surface area (Å²) in [6, 6.07) is 9.69. The molecule has 0 radical (unpaired) electrons. The van der Waals surface area contributed by atoms with Gasteiger partial charge in [0.15, 0.2) is 11.5 Å². The zero-order valence-corrected chi connectivity index (χ0v) is 21.6. The van der Waals surface area contributed by atoms with Crippen molar-refractivity contribution >= 4 is 11.8 Å². The molecule has 1 aromatic carbocycles. The van der Waals surface area contributed by atoms with E-state index >= 15 is 0 Å². The van der Waals surface area contributed by atoms with Gasteiger partial charge in [0, 0.05) is 18.5 Å². The van der Waals surface area contributed by atoms with Gasteiger partial charge >= 0.3 is 0 Å². The summed E-state index contributed by atoms with van der Waals surface area (Å²) in [7, 11) is 3.22. The Morgan fingerprint density at radius 3 is 2.49 bits per heavy atom. The molecule has 3 rings (SSSR count). The molecule has 1 aliphatic carbocycles. The summed E-state index contributed by atoms with van der Waals surface area (Å²) in [5, 5.41) is 0. The van der Waals surface area contributed by atoms with Crippen LogP contribution in [0.1, 0.15) is 63.7 Å². The van der Waals surface area contributed by atoms with E-state index in [1.165, 1.54) is 0 Å². The van der Waals surface area contributed by atoms with Crippen molar-refractivity contribution in [2.75, 3.05) is 27.3 Å². The molecule has 7 heteroatoms. The Hall–Kier alpha value is -2.96. The van der Waals surface area contributed by atoms with Crippen molar-refractivity contribution in [1.29, 1.82) is 0 Å². The molecule has 1 aliphatic rings. The number of methoxy groups -OCH3 is 2. The fraction of sp³-hybridized carbons (Fsp3) is 0.571. The number of nitrogens with zero attached hydrogens (tertiary/aromatic N) is 2. The van der Waals surface area contributed by atoms with E-state index in [2.05, 4.69) is 13.8 Å². The highest BCUT2D eigenvalue weighted by molar-refractivity contribution is 5.86. The van der Waals surface area contributed by atoms with Crippen LogP contribution in [-0.4, -0.2) is 55.0 Å². The van der Waals surface area contributed by atoms with Crippen LogP contribution in [0.3, 0.4) is 0 Å². The monoisotopic (exact) mass is 484 g/mol. The molecule has 35 heavy (non-hydrogen) atoms. The second-order valence-electron chi connectivity index (χ2n) is 9.28. The van der Waals surface area contributed by atoms with Crippen LogP contribution in [0.25, 0.3) is 0 Å². The van der Waals surface area contributed by atoms with E-state index in [4.69, 9.17) is 13.9 Å². The Bertz CT molecular complexity index is 939. The Morgan fingerprint density at radius 2 is 1.89 bits per heavy atom. The number of furan rings is 1. The number of hydrogen-bond acceptors (Lipinski definition) is 5. The SMILES string of the molecule is CCCCC(CC)C(=O)N(CC(=O)N(CCc1ccc(OC)c(OC)c1)Cc1ccco1)C1CC1. The van der Waals surface area contributed by atoms with E-state index in [1.807, 2.05) is 35.2 Å². The molecule has 1 atom stereocenters. The molecule has 1 unspecified atom stereocenters. The number of unbranched alkanes of at least 4 members (excludes halogenated alkanes) is 1. The maximum absolute atomic E-state index is 13.5. The minimum Gasteiger partial charge on any atom is -0.493 e. The van der Waals surface area contributed by atoms with Crippen molar-refractivity contribution in [3.05, 3.63) is 47.9 Å². The van der Waals surface area contributed by atoms with Gasteiger partial charge in [0.2, 0.25) is 11.8 Å². The van der Waals surface area contributed by atoms with Crippen molar-refractivity contribution in [3.8, 4) is 11.5 Å². The maximum atomic E-state index is 13.5. The fourth-order valence-corrected chi connectivity index (χ4v) is 4.39. The fourth-order valence-electron chi connectivity index (χ4n) is 4.39. The van der Waals surface area contributed by atoms with Gasteiger partial charge in [-0.15, -0.1) is 0 Å². The van der Waals surface area contributed by atoms with Crippen LogP contribution in [0, 0.1) is 5.92 Å². The van der Waals surface area contributed by atoms with Gasteiger partial charge in [0.05, 0.1) is 27.0 Å². The van der Waals surface area contributed by atoms with Gasteiger partial charge in [-0.3, -0.25) is 9.59 Å². The summed E-state index contributed by atoms with van der Waals surface area (Å²) >= 11 is 0. The molecule has 1 heterocycles. The van der Waals surface area contributed by atoms with Gasteiger partial charge in [0.25, 0.3) is 0 Å². The van der Waals surface area contributed by atoms with Crippen LogP contribution in [-0.2, 0) is 22.6 Å². The topological polar surface area (TPSA) is 72.2 Å². The number of carbonyl (C=O) groups is 2. The minimum atomic E-state index is -0.0486. The first-order valence-electron chi connectivity index (χ1n) is 12.8. The standard InChI is InChI=1S/C28H40N2O5/c1-5-7-9-22(6-2)28(32)30(23-12-13-23)20-27(31)29(19-24-10-8-17-35-24)16-15-21-11-14-25(33-3)26(18-21)34-4/h8,10-11,14,17-18,22-23H,5-7,9,12-13,15-16,19-20H2,1-4H3. The Morgan fingerprint density at radius 1 is 1.11 bits per heavy atom. The van der Waals surface area contributed by atoms with Crippen LogP contribution in [0.2, 0.25) is 0 Å². The molecule has 2 aromatic rings. The summed E-state index contributed by atoms with van der Waals surface area (Å²) in [6.07, 6.45) is 8.03. The van der Waals surface area contributed by atoms with Gasteiger partial charge in [-0.25, -0.2) is 0 Å². The molecule has 0 N–H and O–H groups in total. The zero-order chi connectivity index (χ0) is 25.2. The predicted molar refractivity (Wildman–Crippen MR) is 135 cm³/mol. The van der Waals surface area contributed by atoms with E-state index in [0.717, 1.165) is 49.8 Å². The van der Waals surface area contributed by atoms with Gasteiger partial charge in [-0.05, 0) is 61.9 Å². The lowest BCUT2D eigenvalue weighted by Gasteiger charge is -2.30. The summed E-state index contributed by atoms with van der Waals surface area (Å²) in [5.41, 5.74) is 1.04. The molecule has 1 aromatic heterocycles. The Kier molecular flexibility index (Phi) is 10.1. The van der Waals surface area contributed by atoms with Crippen molar-refractivity contribution in [1.82, 2.24) is 9.80 Å². The van der Waals surface area contributed by atoms with Gasteiger partial charge in [-0.1, -0.05) is 32.8 Å². The molecular formula is C28H40N2O5. The second kappa shape index (κ2) is 13.2. The quantitative estimate of drug-likeness (QED) is 0.353. The minimum absolute atomic E-state index is 0.00589. The van der Waals surface area contributed by atoms with Crippen molar-refractivity contribution in [2.24, 2.45) is 5.92 Å². The summed E-state index contributed by atoms with van der Waals surface area (Å²) < 4.78 is 16.3. The largest absolute Gasteiger partial charge is 0.493 e. The number of ether oxygens (including phenoxy) is 2. The predicted octanol–water partition coefficient (Wildman–Crippen LogP) is 5.08. The van der Waals surface area contributed by atoms with Crippen LogP contribution in [0.4, 0.5) is 0 Å². The molecule has 1 saturated carbocycles. The third kappa shape index (κ3) is 7.51. The number of carbonyl (C=O) groups excluding carboxylic acids is 2. The average molecular weight is 485 g/mol. The summed E-state index contributed by atoms with van der Waals surface area (Å²) in [4.78, 5) is 30.5. The first-order chi connectivity index (χ1) is 17.0. The highest BCUT2D eigenvalue weighted by Gasteiger charge is 2.37. The van der Waals surface area contributed by atoms with Crippen molar-refractivity contribution < 1.29 is 23.5 Å². The number of amides is 2. The van der Waals surface area contributed by atoms with Crippen molar-refractivity contribution in [2.45, 2.75) is 71.4 Å². The Labute approximate surface area is 209 Å². The summed E-state index contributed by atoms with van der Waals surface area (Å²) in [5.74, 6) is 2.14. The van der Waals surface area contributed by atoms with Crippen LogP contribution < -0.4 is 9.47 Å². The normalized spacial score (nSPS) is 13.8. The van der Waals surface area contributed by atoms with E-state index in [-0.39, 0.29) is 30.3 Å². The third-order valence-corrected chi connectivity index (χ3v) is 6.72. The molecule has 0 spiro atoms. The lowest BCUT2D eigenvalue weighted by atomic mass is 9.97. The highest BCUT2D eigenvalue weighted by Crippen LogP contribution is 2.30. The number of benzene rings is 1. The molecule has 0 aliphatic heterocycles. The smallest absolute Gasteiger partial charge is 0.242 e. The van der Waals surface area contributed by atoms with Crippen LogP contribution >= 0.6 is 0 Å². The number of rotatable bonds is 15. The molecule has 2 amide bonds. The van der Waals surface area contributed by atoms with Gasteiger partial charge in [0.1, 0.15) is 12.3 Å². The van der Waals surface area contributed by atoms with Crippen LogP contribution in [0.15, 0.2) is 41.0 Å². The summed E-state index contributed by atoms with van der Waals surface area (Å²) in [6.45, 7) is 5.22. The lowest BCUT2D eigenvalue weighted by Crippen LogP contribution is -2.46. The van der Waals surface area contributed by atoms with E-state index < -0.39 is 0 Å². The third-order valence-electron chi connectivity index (χ3n) is 6.72. The van der Waals surface area contributed by atoms with Gasteiger partial charge < -0.3 is 23.7 Å².